The van der Waals surface area contributed by atoms with Crippen molar-refractivity contribution < 1.29 is 19.1 Å². The Kier molecular flexibility index (Phi) is 11.8. The van der Waals surface area contributed by atoms with Crippen LogP contribution in [0.2, 0.25) is 0 Å². The van der Waals surface area contributed by atoms with Gasteiger partial charge in [0.1, 0.15) is 0 Å². The molecule has 0 amide bonds. The minimum Gasteiger partial charge on any atom is -0.465 e. The summed E-state index contributed by atoms with van der Waals surface area (Å²) < 4.78 is 11.0. The van der Waals surface area contributed by atoms with Crippen LogP contribution in [0.4, 0.5) is 0 Å². The van der Waals surface area contributed by atoms with Gasteiger partial charge in [-0.25, -0.2) is 0 Å². The summed E-state index contributed by atoms with van der Waals surface area (Å²) in [6.45, 7) is 13.2. The van der Waals surface area contributed by atoms with Crippen molar-refractivity contribution in [3.63, 3.8) is 0 Å². The van der Waals surface area contributed by atoms with Gasteiger partial charge in [-0.15, -0.1) is 0 Å². The molecule has 0 radical (unpaired) electrons. The van der Waals surface area contributed by atoms with Crippen molar-refractivity contribution in [1.82, 2.24) is 0 Å². The summed E-state index contributed by atoms with van der Waals surface area (Å²) in [6.07, 6.45) is 5.26. The van der Waals surface area contributed by atoms with E-state index >= 15 is 0 Å². The molecule has 4 nitrogen and oxygen atoms in total. The number of carbonyl (C=O) groups excluding carboxylic acids is 2. The van der Waals surface area contributed by atoms with Gasteiger partial charge in [-0.2, -0.15) is 0 Å². The van der Waals surface area contributed by atoms with E-state index in [1.54, 1.807) is 0 Å². The maximum Gasteiger partial charge on any atom is 0.312 e. The molecule has 142 valence electrons. The van der Waals surface area contributed by atoms with E-state index in [-0.39, 0.29) is 18.4 Å². The van der Waals surface area contributed by atoms with Crippen LogP contribution in [0.3, 0.4) is 0 Å². The Hall–Kier alpha value is -1.06. The lowest BCUT2D eigenvalue weighted by Crippen LogP contribution is -2.36. The van der Waals surface area contributed by atoms with Crippen LogP contribution in [0.5, 0.6) is 0 Å². The first-order valence-corrected chi connectivity index (χ1v) is 9.75. The van der Waals surface area contributed by atoms with E-state index in [9.17, 15) is 9.59 Å². The van der Waals surface area contributed by atoms with E-state index in [2.05, 4.69) is 27.7 Å². The largest absolute Gasteiger partial charge is 0.465 e. The third-order valence-electron chi connectivity index (χ3n) is 5.51. The number of hydrogen-bond donors (Lipinski definition) is 0. The summed E-state index contributed by atoms with van der Waals surface area (Å²) in [5, 5.41) is 0. The number of rotatable bonds is 13. The Morgan fingerprint density at radius 1 is 0.750 bits per heavy atom. The van der Waals surface area contributed by atoms with Gasteiger partial charge in [-0.05, 0) is 24.7 Å². The molecule has 0 aromatic carbocycles. The van der Waals surface area contributed by atoms with E-state index in [1.807, 2.05) is 13.8 Å². The molecule has 0 aliphatic heterocycles. The predicted octanol–water partition coefficient (Wildman–Crippen LogP) is 5.14. The topological polar surface area (TPSA) is 52.6 Å². The average Bonchev–Trinajstić information content (AvgIpc) is 2.61. The lowest BCUT2D eigenvalue weighted by atomic mass is 9.79. The minimum absolute atomic E-state index is 0.113. The van der Waals surface area contributed by atoms with Crippen LogP contribution in [0.25, 0.3) is 0 Å². The predicted molar refractivity (Wildman–Crippen MR) is 97.7 cm³/mol. The highest BCUT2D eigenvalue weighted by Gasteiger charge is 2.39. The van der Waals surface area contributed by atoms with Crippen LogP contribution >= 0.6 is 0 Å². The van der Waals surface area contributed by atoms with Crippen LogP contribution in [-0.2, 0) is 19.1 Å². The van der Waals surface area contributed by atoms with E-state index in [1.165, 1.54) is 0 Å². The van der Waals surface area contributed by atoms with Crippen molar-refractivity contribution >= 4 is 11.9 Å². The Labute approximate surface area is 148 Å². The summed E-state index contributed by atoms with van der Waals surface area (Å²) in [5.41, 5.74) is -0.753. The second-order valence-corrected chi connectivity index (χ2v) is 6.81. The standard InChI is InChI=1S/C20H38O4/c1-7-16(8-2)14-23-18(21)13-20(11-5,12-6)19(22)24-15-17(9-3)10-4/h16-17H,7-15H2,1-6H3. The third kappa shape index (κ3) is 7.23. The van der Waals surface area contributed by atoms with Crippen molar-refractivity contribution in [2.75, 3.05) is 13.2 Å². The molecule has 0 bridgehead atoms. The molecule has 0 heterocycles. The van der Waals surface area contributed by atoms with Gasteiger partial charge in [0.05, 0.1) is 25.0 Å². The van der Waals surface area contributed by atoms with Crippen molar-refractivity contribution in [2.24, 2.45) is 17.3 Å². The first-order chi connectivity index (χ1) is 11.4. The van der Waals surface area contributed by atoms with Crippen molar-refractivity contribution in [3.8, 4) is 0 Å². The number of esters is 2. The SMILES string of the molecule is CCC(CC)COC(=O)CC(CC)(CC)C(=O)OCC(CC)CC. The van der Waals surface area contributed by atoms with Crippen LogP contribution < -0.4 is 0 Å². The minimum atomic E-state index is -0.753. The van der Waals surface area contributed by atoms with E-state index < -0.39 is 5.41 Å². The highest BCUT2D eigenvalue weighted by atomic mass is 16.5. The third-order valence-corrected chi connectivity index (χ3v) is 5.51. The fourth-order valence-electron chi connectivity index (χ4n) is 2.79. The molecule has 0 rings (SSSR count). The van der Waals surface area contributed by atoms with E-state index in [4.69, 9.17) is 9.47 Å². The Morgan fingerprint density at radius 3 is 1.54 bits per heavy atom. The van der Waals surface area contributed by atoms with Crippen LogP contribution in [0.15, 0.2) is 0 Å². The van der Waals surface area contributed by atoms with Gasteiger partial charge in [-0.1, -0.05) is 67.2 Å². The molecule has 0 saturated carbocycles. The average molecular weight is 343 g/mol. The highest BCUT2D eigenvalue weighted by Crippen LogP contribution is 2.33. The van der Waals surface area contributed by atoms with Gasteiger partial charge in [0.15, 0.2) is 0 Å². The van der Waals surface area contributed by atoms with Gasteiger partial charge in [-0.3, -0.25) is 9.59 Å². The Morgan fingerprint density at radius 2 is 1.17 bits per heavy atom. The fraction of sp³-hybridized carbons (Fsp3) is 0.900. The van der Waals surface area contributed by atoms with Crippen molar-refractivity contribution in [2.45, 2.75) is 86.5 Å². The molecule has 0 saturated heterocycles. The quantitative estimate of drug-likeness (QED) is 0.435. The van der Waals surface area contributed by atoms with Gasteiger partial charge >= 0.3 is 11.9 Å². The molecule has 0 atom stereocenters. The second kappa shape index (κ2) is 12.3. The molecule has 0 N–H and O–H groups in total. The summed E-state index contributed by atoms with van der Waals surface area (Å²) in [4.78, 5) is 24.9. The number of hydrogen-bond acceptors (Lipinski definition) is 4. The van der Waals surface area contributed by atoms with E-state index in [0.29, 0.717) is 37.9 Å². The maximum atomic E-state index is 12.6. The number of ether oxygens (including phenoxy) is 2. The zero-order chi connectivity index (χ0) is 18.6. The number of carbonyl (C=O) groups is 2. The van der Waals surface area contributed by atoms with Crippen molar-refractivity contribution in [3.05, 3.63) is 0 Å². The lowest BCUT2D eigenvalue weighted by molar-refractivity contribution is -0.165. The molecule has 0 fully saturated rings. The summed E-state index contributed by atoms with van der Waals surface area (Å²) in [5.74, 6) is 0.250. The maximum absolute atomic E-state index is 12.6. The molecule has 4 heteroatoms. The lowest BCUT2D eigenvalue weighted by Gasteiger charge is -2.29. The van der Waals surface area contributed by atoms with Crippen LogP contribution in [0, 0.1) is 17.3 Å². The van der Waals surface area contributed by atoms with Gasteiger partial charge in [0, 0.05) is 0 Å². The summed E-state index contributed by atoms with van der Waals surface area (Å²) >= 11 is 0. The molecule has 0 aromatic heterocycles. The second-order valence-electron chi connectivity index (χ2n) is 6.81. The summed E-state index contributed by atoms with van der Waals surface area (Å²) in [6, 6.07) is 0. The fourth-order valence-corrected chi connectivity index (χ4v) is 2.79. The first-order valence-electron chi connectivity index (χ1n) is 9.75. The first kappa shape index (κ1) is 22.9. The Bertz CT molecular complexity index is 353. The van der Waals surface area contributed by atoms with Gasteiger partial charge < -0.3 is 9.47 Å². The zero-order valence-electron chi connectivity index (χ0n) is 16.7. The summed E-state index contributed by atoms with van der Waals surface area (Å²) in [7, 11) is 0. The molecular weight excluding hydrogens is 304 g/mol. The van der Waals surface area contributed by atoms with Crippen LogP contribution in [0.1, 0.15) is 86.5 Å². The molecule has 24 heavy (non-hydrogen) atoms. The van der Waals surface area contributed by atoms with Gasteiger partial charge in [0.2, 0.25) is 0 Å². The monoisotopic (exact) mass is 342 g/mol. The smallest absolute Gasteiger partial charge is 0.312 e. The molecule has 0 aliphatic rings. The molecule has 0 aliphatic carbocycles. The zero-order valence-corrected chi connectivity index (χ0v) is 16.7. The van der Waals surface area contributed by atoms with Gasteiger partial charge in [0.25, 0.3) is 0 Å². The molecular formula is C20H38O4. The molecule has 0 spiro atoms. The van der Waals surface area contributed by atoms with Crippen LogP contribution in [-0.4, -0.2) is 25.2 Å². The molecule has 0 unspecified atom stereocenters. The normalized spacial score (nSPS) is 11.8. The van der Waals surface area contributed by atoms with Crippen molar-refractivity contribution in [1.29, 1.82) is 0 Å². The van der Waals surface area contributed by atoms with E-state index in [0.717, 1.165) is 25.7 Å². The molecule has 0 aromatic rings. The highest BCUT2D eigenvalue weighted by molar-refractivity contribution is 5.83. The Balaban J connectivity index is 4.73.